The van der Waals surface area contributed by atoms with E-state index in [1.54, 1.807) is 19.2 Å². The molecule has 0 heterocycles. The van der Waals surface area contributed by atoms with E-state index < -0.39 is 23.5 Å². The maximum Gasteiger partial charge on any atom is 0.168 e. The van der Waals surface area contributed by atoms with Gasteiger partial charge in [0.2, 0.25) is 0 Å². The number of halogens is 3. The molecule has 2 aromatic carbocycles. The van der Waals surface area contributed by atoms with Crippen molar-refractivity contribution in [3.8, 4) is 5.75 Å². The van der Waals surface area contributed by atoms with Gasteiger partial charge in [-0.15, -0.1) is 0 Å². The Balaban J connectivity index is 2.34. The van der Waals surface area contributed by atoms with Gasteiger partial charge in [-0.2, -0.15) is 0 Å². The highest BCUT2D eigenvalue weighted by Crippen LogP contribution is 2.27. The van der Waals surface area contributed by atoms with Crippen LogP contribution in [0.15, 0.2) is 36.4 Å². The Kier molecular flexibility index (Phi) is 4.85. The Bertz CT molecular complexity index is 631. The van der Waals surface area contributed by atoms with Gasteiger partial charge in [0.25, 0.3) is 0 Å². The second kappa shape index (κ2) is 6.63. The summed E-state index contributed by atoms with van der Waals surface area (Å²) in [6, 6.07) is 8.19. The predicted molar refractivity (Wildman–Crippen MR) is 74.8 cm³/mol. The zero-order chi connectivity index (χ0) is 15.4. The quantitative estimate of drug-likeness (QED) is 0.909. The van der Waals surface area contributed by atoms with Crippen LogP contribution in [0.3, 0.4) is 0 Å². The third kappa shape index (κ3) is 3.19. The summed E-state index contributed by atoms with van der Waals surface area (Å²) in [7, 11) is 3.00. The highest BCUT2D eigenvalue weighted by Gasteiger charge is 2.19. The molecule has 0 spiro atoms. The third-order valence-corrected chi connectivity index (χ3v) is 3.39. The van der Waals surface area contributed by atoms with Gasteiger partial charge >= 0.3 is 0 Å². The molecule has 0 aliphatic carbocycles. The molecule has 0 aliphatic heterocycles. The molecule has 0 saturated carbocycles. The van der Waals surface area contributed by atoms with Crippen LogP contribution in [0.1, 0.15) is 17.2 Å². The molecule has 112 valence electrons. The van der Waals surface area contributed by atoms with Gasteiger partial charge < -0.3 is 10.1 Å². The van der Waals surface area contributed by atoms with Gasteiger partial charge in [-0.25, -0.2) is 13.2 Å². The van der Waals surface area contributed by atoms with Crippen LogP contribution in [0.2, 0.25) is 0 Å². The molecular formula is C16H16F3NO. The summed E-state index contributed by atoms with van der Waals surface area (Å²) in [4.78, 5) is 0. The monoisotopic (exact) mass is 295 g/mol. The number of ether oxygens (including phenoxy) is 1. The minimum absolute atomic E-state index is 0.127. The first-order chi connectivity index (χ1) is 10.1. The summed E-state index contributed by atoms with van der Waals surface area (Å²) in [5, 5.41) is 2.89. The van der Waals surface area contributed by atoms with E-state index >= 15 is 0 Å². The smallest absolute Gasteiger partial charge is 0.168 e. The lowest BCUT2D eigenvalue weighted by Crippen LogP contribution is -2.21. The molecule has 0 amide bonds. The van der Waals surface area contributed by atoms with Gasteiger partial charge in [0.05, 0.1) is 7.11 Å². The van der Waals surface area contributed by atoms with Gasteiger partial charge in [0.15, 0.2) is 23.2 Å². The van der Waals surface area contributed by atoms with E-state index in [0.29, 0.717) is 5.56 Å². The molecule has 1 atom stereocenters. The van der Waals surface area contributed by atoms with Crippen LogP contribution in [0.25, 0.3) is 0 Å². The van der Waals surface area contributed by atoms with Crippen molar-refractivity contribution in [3.05, 3.63) is 65.0 Å². The van der Waals surface area contributed by atoms with Crippen molar-refractivity contribution in [3.63, 3.8) is 0 Å². The number of methoxy groups -OCH3 is 1. The largest absolute Gasteiger partial charge is 0.494 e. The molecule has 2 aromatic rings. The van der Waals surface area contributed by atoms with E-state index in [4.69, 9.17) is 4.74 Å². The summed E-state index contributed by atoms with van der Waals surface area (Å²) < 4.78 is 46.2. The summed E-state index contributed by atoms with van der Waals surface area (Å²) in [5.74, 6) is -2.20. The van der Waals surface area contributed by atoms with Crippen LogP contribution in [-0.2, 0) is 6.42 Å². The second-order valence-electron chi connectivity index (χ2n) is 4.62. The zero-order valence-corrected chi connectivity index (χ0v) is 11.8. The van der Waals surface area contributed by atoms with Crippen molar-refractivity contribution in [2.75, 3.05) is 14.2 Å². The van der Waals surface area contributed by atoms with Crippen molar-refractivity contribution in [2.45, 2.75) is 12.5 Å². The van der Waals surface area contributed by atoms with Crippen molar-refractivity contribution < 1.29 is 17.9 Å². The van der Waals surface area contributed by atoms with Crippen LogP contribution in [-0.4, -0.2) is 14.2 Å². The molecule has 1 unspecified atom stereocenters. The lowest BCUT2D eigenvalue weighted by molar-refractivity contribution is 0.382. The molecule has 0 aliphatic rings. The standard InChI is InChI=1S/C16H16F3NO/c1-20-13(11-6-4-7-12(17)16(11)19)9-10-5-3-8-14(21-2)15(10)18/h3-8,13,20H,9H2,1-2H3. The lowest BCUT2D eigenvalue weighted by atomic mass is 9.98. The number of nitrogens with one attached hydrogen (secondary N) is 1. The van der Waals surface area contributed by atoms with Crippen LogP contribution in [0, 0.1) is 17.5 Å². The van der Waals surface area contributed by atoms with Crippen molar-refractivity contribution in [2.24, 2.45) is 0 Å². The molecule has 2 nitrogen and oxygen atoms in total. The number of hydrogen-bond donors (Lipinski definition) is 1. The molecular weight excluding hydrogens is 279 g/mol. The Morgan fingerprint density at radius 1 is 1.05 bits per heavy atom. The van der Waals surface area contributed by atoms with Gasteiger partial charge in [-0.1, -0.05) is 24.3 Å². The van der Waals surface area contributed by atoms with Crippen LogP contribution in [0.4, 0.5) is 13.2 Å². The van der Waals surface area contributed by atoms with E-state index in [9.17, 15) is 13.2 Å². The number of likely N-dealkylation sites (N-methyl/N-ethyl adjacent to an activating group) is 1. The van der Waals surface area contributed by atoms with Gasteiger partial charge in [-0.3, -0.25) is 0 Å². The molecule has 21 heavy (non-hydrogen) atoms. The number of rotatable bonds is 5. The second-order valence-corrected chi connectivity index (χ2v) is 4.62. The van der Waals surface area contributed by atoms with Crippen LogP contribution < -0.4 is 10.1 Å². The predicted octanol–water partition coefficient (Wildman–Crippen LogP) is 3.62. The Hall–Kier alpha value is -2.01. The normalized spacial score (nSPS) is 12.2. The molecule has 1 N–H and O–H groups in total. The summed E-state index contributed by atoms with van der Waals surface area (Å²) in [6.45, 7) is 0. The number of benzene rings is 2. The zero-order valence-electron chi connectivity index (χ0n) is 11.8. The minimum atomic E-state index is -0.918. The fourth-order valence-corrected chi connectivity index (χ4v) is 2.25. The first kappa shape index (κ1) is 15.4. The first-order valence-corrected chi connectivity index (χ1v) is 6.51. The van der Waals surface area contributed by atoms with Crippen LogP contribution in [0.5, 0.6) is 5.75 Å². The fraction of sp³-hybridized carbons (Fsp3) is 0.250. The average molecular weight is 295 g/mol. The van der Waals surface area contributed by atoms with Crippen molar-refractivity contribution in [1.82, 2.24) is 5.32 Å². The minimum Gasteiger partial charge on any atom is -0.494 e. The molecule has 0 fully saturated rings. The third-order valence-electron chi connectivity index (χ3n) is 3.39. The first-order valence-electron chi connectivity index (χ1n) is 6.51. The fourth-order valence-electron chi connectivity index (χ4n) is 2.25. The molecule has 5 heteroatoms. The molecule has 0 radical (unpaired) electrons. The topological polar surface area (TPSA) is 21.3 Å². The molecule has 0 saturated heterocycles. The average Bonchev–Trinajstić information content (AvgIpc) is 2.49. The SMILES string of the molecule is CNC(Cc1cccc(OC)c1F)c1cccc(F)c1F. The van der Waals surface area contributed by atoms with Crippen molar-refractivity contribution >= 4 is 0 Å². The maximum atomic E-state index is 14.1. The highest BCUT2D eigenvalue weighted by molar-refractivity contribution is 5.33. The van der Waals surface area contributed by atoms with Crippen molar-refractivity contribution in [1.29, 1.82) is 0 Å². The van der Waals surface area contributed by atoms with E-state index in [2.05, 4.69) is 5.32 Å². The van der Waals surface area contributed by atoms with Gasteiger partial charge in [0, 0.05) is 11.6 Å². The Morgan fingerprint density at radius 2 is 1.76 bits per heavy atom. The Labute approximate surface area is 121 Å². The molecule has 0 bridgehead atoms. The summed E-state index contributed by atoms with van der Waals surface area (Å²) in [6.07, 6.45) is 0.180. The Morgan fingerprint density at radius 3 is 2.43 bits per heavy atom. The molecule has 2 rings (SSSR count). The van der Waals surface area contributed by atoms with Gasteiger partial charge in [-0.05, 0) is 31.2 Å². The van der Waals surface area contributed by atoms with Gasteiger partial charge in [0.1, 0.15) is 0 Å². The summed E-state index contributed by atoms with van der Waals surface area (Å²) in [5.41, 5.74) is 0.539. The van der Waals surface area contributed by atoms with Crippen LogP contribution >= 0.6 is 0 Å². The van der Waals surface area contributed by atoms with E-state index in [-0.39, 0.29) is 17.7 Å². The highest BCUT2D eigenvalue weighted by atomic mass is 19.2. The molecule has 0 aromatic heterocycles. The van der Waals surface area contributed by atoms with E-state index in [1.807, 2.05) is 0 Å². The lowest BCUT2D eigenvalue weighted by Gasteiger charge is -2.18. The van der Waals surface area contributed by atoms with E-state index in [1.165, 1.54) is 25.3 Å². The number of hydrogen-bond acceptors (Lipinski definition) is 2. The maximum absolute atomic E-state index is 14.1. The van der Waals surface area contributed by atoms with E-state index in [0.717, 1.165) is 6.07 Å². The summed E-state index contributed by atoms with van der Waals surface area (Å²) >= 11 is 0.